The molecule has 0 radical (unpaired) electrons. The lowest BCUT2D eigenvalue weighted by Gasteiger charge is -2.12. The zero-order chi connectivity index (χ0) is 16.4. The maximum Gasteiger partial charge on any atom is 0.351 e. The molecule has 0 bridgehead atoms. The normalized spacial score (nSPS) is 10.6. The third-order valence-electron chi connectivity index (χ3n) is 3.26. The van der Waals surface area contributed by atoms with E-state index in [1.807, 2.05) is 18.2 Å². The van der Waals surface area contributed by atoms with Crippen molar-refractivity contribution in [1.29, 1.82) is 0 Å². The minimum atomic E-state index is -0.350. The average Bonchev–Trinajstić information content (AvgIpc) is 2.81. The molecule has 0 unspecified atom stereocenters. The van der Waals surface area contributed by atoms with Gasteiger partial charge in [-0.2, -0.15) is 0 Å². The van der Waals surface area contributed by atoms with E-state index in [9.17, 15) is 4.79 Å². The van der Waals surface area contributed by atoms with Gasteiger partial charge in [-0.25, -0.2) is 14.0 Å². The molecular weight excluding hydrogens is 318 g/mol. The number of benzene rings is 2. The van der Waals surface area contributed by atoms with Crippen molar-refractivity contribution >= 4 is 11.6 Å². The van der Waals surface area contributed by atoms with Crippen LogP contribution in [0.1, 0.15) is 0 Å². The summed E-state index contributed by atoms with van der Waals surface area (Å²) in [6.45, 7) is 0. The van der Waals surface area contributed by atoms with Crippen molar-refractivity contribution in [3.8, 4) is 22.9 Å². The molecule has 3 rings (SSSR count). The van der Waals surface area contributed by atoms with Gasteiger partial charge in [-0.15, -0.1) is 5.10 Å². The van der Waals surface area contributed by atoms with Crippen molar-refractivity contribution in [3.63, 3.8) is 0 Å². The van der Waals surface area contributed by atoms with E-state index in [-0.39, 0.29) is 11.0 Å². The standard InChI is InChI=1S/C16H14ClN3O3/c1-19-16(21)20(15(17)18-19)13-8-3-4-9-14(13)23-12-7-5-6-11(10-12)22-2/h3-10H,1-2H3. The lowest BCUT2D eigenvalue weighted by molar-refractivity contribution is 0.409. The predicted octanol–water partition coefficient (Wildman–Crippen LogP) is 3.03. The summed E-state index contributed by atoms with van der Waals surface area (Å²) in [5, 5.41) is 3.99. The number of ether oxygens (including phenoxy) is 2. The largest absolute Gasteiger partial charge is 0.497 e. The van der Waals surface area contributed by atoms with Gasteiger partial charge in [-0.05, 0) is 35.9 Å². The second kappa shape index (κ2) is 6.18. The van der Waals surface area contributed by atoms with Gasteiger partial charge in [0.2, 0.25) is 5.28 Å². The number of hydrogen-bond acceptors (Lipinski definition) is 4. The topological polar surface area (TPSA) is 58.3 Å². The van der Waals surface area contributed by atoms with E-state index >= 15 is 0 Å². The minimum absolute atomic E-state index is 0.0687. The summed E-state index contributed by atoms with van der Waals surface area (Å²) in [5.74, 6) is 1.75. The van der Waals surface area contributed by atoms with Crippen LogP contribution in [0.4, 0.5) is 0 Å². The highest BCUT2D eigenvalue weighted by atomic mass is 35.5. The van der Waals surface area contributed by atoms with Crippen molar-refractivity contribution < 1.29 is 9.47 Å². The minimum Gasteiger partial charge on any atom is -0.497 e. The molecule has 23 heavy (non-hydrogen) atoms. The highest BCUT2D eigenvalue weighted by molar-refractivity contribution is 6.28. The third kappa shape index (κ3) is 2.93. The monoisotopic (exact) mass is 331 g/mol. The molecule has 0 aliphatic heterocycles. The number of rotatable bonds is 4. The van der Waals surface area contributed by atoms with Crippen LogP contribution < -0.4 is 15.2 Å². The molecule has 0 aliphatic rings. The van der Waals surface area contributed by atoms with E-state index in [1.165, 1.54) is 16.3 Å². The first-order chi connectivity index (χ1) is 11.1. The highest BCUT2D eigenvalue weighted by Crippen LogP contribution is 2.30. The first kappa shape index (κ1) is 15.2. The summed E-state index contributed by atoms with van der Waals surface area (Å²) in [5.41, 5.74) is 0.162. The smallest absolute Gasteiger partial charge is 0.351 e. The van der Waals surface area contributed by atoms with E-state index in [1.54, 1.807) is 37.4 Å². The predicted molar refractivity (Wildman–Crippen MR) is 86.9 cm³/mol. The Bertz CT molecular complexity index is 902. The zero-order valence-electron chi connectivity index (χ0n) is 12.6. The Morgan fingerprint density at radius 3 is 2.52 bits per heavy atom. The molecule has 6 nitrogen and oxygen atoms in total. The Morgan fingerprint density at radius 1 is 1.09 bits per heavy atom. The molecule has 1 aromatic heterocycles. The van der Waals surface area contributed by atoms with Crippen molar-refractivity contribution in [2.24, 2.45) is 7.05 Å². The number of halogens is 1. The molecule has 0 aliphatic carbocycles. The summed E-state index contributed by atoms with van der Waals surface area (Å²) in [4.78, 5) is 12.2. The molecule has 0 spiro atoms. The fourth-order valence-electron chi connectivity index (χ4n) is 2.16. The van der Waals surface area contributed by atoms with E-state index in [4.69, 9.17) is 21.1 Å². The van der Waals surface area contributed by atoms with Crippen LogP contribution in [0.5, 0.6) is 17.2 Å². The van der Waals surface area contributed by atoms with Crippen LogP contribution in [0, 0.1) is 0 Å². The zero-order valence-corrected chi connectivity index (χ0v) is 13.3. The van der Waals surface area contributed by atoms with Crippen LogP contribution in [0.15, 0.2) is 53.3 Å². The molecule has 3 aromatic rings. The Labute approximate surface area is 137 Å². The van der Waals surface area contributed by atoms with Crippen LogP contribution in [0.3, 0.4) is 0 Å². The molecule has 0 fully saturated rings. The molecule has 1 heterocycles. The lowest BCUT2D eigenvalue weighted by Crippen LogP contribution is -2.21. The fourth-order valence-corrected chi connectivity index (χ4v) is 2.43. The summed E-state index contributed by atoms with van der Waals surface area (Å²) >= 11 is 6.06. The van der Waals surface area contributed by atoms with Gasteiger partial charge in [0.25, 0.3) is 0 Å². The highest BCUT2D eigenvalue weighted by Gasteiger charge is 2.15. The third-order valence-corrected chi connectivity index (χ3v) is 3.50. The first-order valence-electron chi connectivity index (χ1n) is 6.83. The summed E-state index contributed by atoms with van der Waals surface area (Å²) in [6.07, 6.45) is 0. The number of aromatic nitrogens is 3. The number of para-hydroxylation sites is 2. The van der Waals surface area contributed by atoms with Gasteiger partial charge in [-0.3, -0.25) is 0 Å². The first-order valence-corrected chi connectivity index (χ1v) is 7.21. The fraction of sp³-hybridized carbons (Fsp3) is 0.125. The lowest BCUT2D eigenvalue weighted by atomic mass is 10.3. The van der Waals surface area contributed by atoms with Gasteiger partial charge in [0.05, 0.1) is 12.8 Å². The quantitative estimate of drug-likeness (QED) is 0.737. The summed E-state index contributed by atoms with van der Waals surface area (Å²) < 4.78 is 13.5. The van der Waals surface area contributed by atoms with E-state index in [0.717, 1.165) is 0 Å². The second-order valence-electron chi connectivity index (χ2n) is 4.76. The SMILES string of the molecule is COc1cccc(Oc2ccccc2-n2c(Cl)nn(C)c2=O)c1. The molecule has 0 amide bonds. The Hall–Kier alpha value is -2.73. The van der Waals surface area contributed by atoms with Gasteiger partial charge >= 0.3 is 5.69 Å². The van der Waals surface area contributed by atoms with Crippen LogP contribution in [0.25, 0.3) is 5.69 Å². The van der Waals surface area contributed by atoms with Gasteiger partial charge in [0, 0.05) is 13.1 Å². The molecule has 2 aromatic carbocycles. The second-order valence-corrected chi connectivity index (χ2v) is 5.10. The number of nitrogens with zero attached hydrogens (tertiary/aromatic N) is 3. The van der Waals surface area contributed by atoms with E-state index in [0.29, 0.717) is 22.9 Å². The van der Waals surface area contributed by atoms with Crippen LogP contribution in [0.2, 0.25) is 5.28 Å². The van der Waals surface area contributed by atoms with Gasteiger partial charge in [0.15, 0.2) is 5.75 Å². The maximum absolute atomic E-state index is 12.2. The Morgan fingerprint density at radius 2 is 1.83 bits per heavy atom. The van der Waals surface area contributed by atoms with E-state index < -0.39 is 0 Å². The average molecular weight is 332 g/mol. The Kier molecular flexibility index (Phi) is 4.08. The molecule has 0 saturated heterocycles. The van der Waals surface area contributed by atoms with Crippen LogP contribution >= 0.6 is 11.6 Å². The summed E-state index contributed by atoms with van der Waals surface area (Å²) in [7, 11) is 3.12. The van der Waals surface area contributed by atoms with E-state index in [2.05, 4.69) is 5.10 Å². The van der Waals surface area contributed by atoms with Crippen molar-refractivity contribution in [2.45, 2.75) is 0 Å². The molecule has 0 N–H and O–H groups in total. The molecule has 0 atom stereocenters. The molecular formula is C16H14ClN3O3. The van der Waals surface area contributed by atoms with Gasteiger partial charge < -0.3 is 9.47 Å². The van der Waals surface area contributed by atoms with Crippen molar-refractivity contribution in [3.05, 3.63) is 64.3 Å². The summed E-state index contributed by atoms with van der Waals surface area (Å²) in [6, 6.07) is 14.3. The maximum atomic E-state index is 12.2. The number of methoxy groups -OCH3 is 1. The van der Waals surface area contributed by atoms with Crippen molar-refractivity contribution in [2.75, 3.05) is 7.11 Å². The van der Waals surface area contributed by atoms with Gasteiger partial charge in [-0.1, -0.05) is 18.2 Å². The molecule has 7 heteroatoms. The molecule has 118 valence electrons. The molecule has 0 saturated carbocycles. The van der Waals surface area contributed by atoms with Crippen LogP contribution in [-0.2, 0) is 7.05 Å². The number of hydrogen-bond donors (Lipinski definition) is 0. The van der Waals surface area contributed by atoms with Crippen molar-refractivity contribution in [1.82, 2.24) is 14.3 Å². The number of aryl methyl sites for hydroxylation is 1. The van der Waals surface area contributed by atoms with Gasteiger partial charge in [0.1, 0.15) is 11.5 Å². The Balaban J connectivity index is 2.06. The van der Waals surface area contributed by atoms with Crippen LogP contribution in [-0.4, -0.2) is 21.5 Å².